The molecule has 21 heavy (non-hydrogen) atoms. The largest absolute Gasteiger partial charge is 0.353 e. The molecule has 2 heterocycles. The summed E-state index contributed by atoms with van der Waals surface area (Å²) in [7, 11) is 1.92. The number of rotatable bonds is 3. The molecule has 1 aromatic rings. The fourth-order valence-corrected chi connectivity index (χ4v) is 3.81. The minimum atomic E-state index is 0.0191. The Morgan fingerprint density at radius 2 is 2.29 bits per heavy atom. The van der Waals surface area contributed by atoms with Gasteiger partial charge in [-0.2, -0.15) is 5.10 Å². The molecule has 0 radical (unpaired) electrons. The maximum Gasteiger partial charge on any atom is 0.225 e. The quantitative estimate of drug-likeness (QED) is 0.885. The summed E-state index contributed by atoms with van der Waals surface area (Å²) in [5.41, 5.74) is 1.39. The monoisotopic (exact) mass is 290 g/mol. The highest BCUT2D eigenvalue weighted by Crippen LogP contribution is 2.38. The summed E-state index contributed by atoms with van der Waals surface area (Å²) in [6.45, 7) is 6.14. The van der Waals surface area contributed by atoms with Gasteiger partial charge in [0.2, 0.25) is 5.91 Å². The Balaban J connectivity index is 1.69. The normalized spacial score (nSPS) is 31.5. The van der Waals surface area contributed by atoms with Gasteiger partial charge in [0.15, 0.2) is 0 Å². The van der Waals surface area contributed by atoms with Crippen molar-refractivity contribution >= 4 is 5.91 Å². The van der Waals surface area contributed by atoms with Crippen molar-refractivity contribution in [2.75, 3.05) is 13.1 Å². The van der Waals surface area contributed by atoms with E-state index in [1.54, 1.807) is 0 Å². The van der Waals surface area contributed by atoms with Crippen LogP contribution in [0.5, 0.6) is 0 Å². The molecule has 1 amide bonds. The summed E-state index contributed by atoms with van der Waals surface area (Å²) < 4.78 is 1.81. The summed E-state index contributed by atoms with van der Waals surface area (Å²) >= 11 is 0. The van der Waals surface area contributed by atoms with Crippen LogP contribution in [-0.2, 0) is 11.8 Å². The molecule has 3 rings (SSSR count). The number of carbonyl (C=O) groups is 1. The Labute approximate surface area is 126 Å². The van der Waals surface area contributed by atoms with Gasteiger partial charge in [0.1, 0.15) is 0 Å². The highest BCUT2D eigenvalue weighted by atomic mass is 16.2. The molecule has 1 unspecified atom stereocenters. The molecule has 1 aliphatic carbocycles. The van der Waals surface area contributed by atoms with E-state index in [4.69, 9.17) is 0 Å². The number of aryl methyl sites for hydroxylation is 1. The standard InChI is InChI=1S/C16H26N4O/c1-16(2)6-4-5-14(16)19-15(21)13-9-17-8-12(13)11-7-18-20(3)10-11/h7,10,12-14,17H,4-6,8-9H2,1-3H3,(H,19,21)/t12-,13+,14?/m1/s1. The first-order valence-electron chi connectivity index (χ1n) is 7.97. The molecule has 3 atom stereocenters. The maximum absolute atomic E-state index is 12.7. The molecule has 1 aromatic heterocycles. The van der Waals surface area contributed by atoms with Crippen molar-refractivity contribution in [3.05, 3.63) is 18.0 Å². The van der Waals surface area contributed by atoms with E-state index < -0.39 is 0 Å². The van der Waals surface area contributed by atoms with Gasteiger partial charge in [-0.05, 0) is 23.8 Å². The molecule has 116 valence electrons. The van der Waals surface area contributed by atoms with E-state index in [1.165, 1.54) is 12.8 Å². The SMILES string of the molecule is Cn1cc([C@H]2CNC[C@@H]2C(=O)NC2CCCC2(C)C)cn1. The van der Waals surface area contributed by atoms with Gasteiger partial charge in [-0.25, -0.2) is 0 Å². The Bertz CT molecular complexity index is 522. The first-order chi connectivity index (χ1) is 9.97. The van der Waals surface area contributed by atoms with Crippen molar-refractivity contribution in [2.45, 2.75) is 45.1 Å². The summed E-state index contributed by atoms with van der Waals surface area (Å²) in [6, 6.07) is 0.320. The van der Waals surface area contributed by atoms with E-state index in [0.29, 0.717) is 6.04 Å². The van der Waals surface area contributed by atoms with Gasteiger partial charge in [0.25, 0.3) is 0 Å². The van der Waals surface area contributed by atoms with E-state index in [-0.39, 0.29) is 23.2 Å². The van der Waals surface area contributed by atoms with Crippen LogP contribution >= 0.6 is 0 Å². The molecule has 2 fully saturated rings. The summed E-state index contributed by atoms with van der Waals surface area (Å²) in [5.74, 6) is 0.461. The van der Waals surface area contributed by atoms with Crippen molar-refractivity contribution in [3.8, 4) is 0 Å². The van der Waals surface area contributed by atoms with Crippen LogP contribution in [0.1, 0.15) is 44.6 Å². The van der Waals surface area contributed by atoms with Gasteiger partial charge in [-0.15, -0.1) is 0 Å². The maximum atomic E-state index is 12.7. The smallest absolute Gasteiger partial charge is 0.225 e. The van der Waals surface area contributed by atoms with E-state index in [1.807, 2.05) is 24.1 Å². The molecule has 0 aromatic carbocycles. The lowest BCUT2D eigenvalue weighted by Crippen LogP contribution is -2.45. The van der Waals surface area contributed by atoms with Gasteiger partial charge < -0.3 is 10.6 Å². The first-order valence-corrected chi connectivity index (χ1v) is 7.97. The van der Waals surface area contributed by atoms with Crippen molar-refractivity contribution in [1.29, 1.82) is 0 Å². The molecule has 1 aliphatic heterocycles. The van der Waals surface area contributed by atoms with E-state index >= 15 is 0 Å². The molecule has 2 aliphatic rings. The van der Waals surface area contributed by atoms with Crippen LogP contribution in [0.2, 0.25) is 0 Å². The highest BCUT2D eigenvalue weighted by Gasteiger charge is 2.39. The van der Waals surface area contributed by atoms with Crippen molar-refractivity contribution in [2.24, 2.45) is 18.4 Å². The third-order valence-corrected chi connectivity index (χ3v) is 5.28. The Hall–Kier alpha value is -1.36. The topological polar surface area (TPSA) is 59.0 Å². The zero-order valence-electron chi connectivity index (χ0n) is 13.2. The lowest BCUT2D eigenvalue weighted by Gasteiger charge is -2.29. The number of amides is 1. The molecular formula is C16H26N4O. The van der Waals surface area contributed by atoms with Gasteiger partial charge in [-0.3, -0.25) is 9.48 Å². The third-order valence-electron chi connectivity index (χ3n) is 5.28. The molecule has 5 heteroatoms. The van der Waals surface area contributed by atoms with Gasteiger partial charge in [0.05, 0.1) is 12.1 Å². The molecule has 5 nitrogen and oxygen atoms in total. The van der Waals surface area contributed by atoms with Crippen LogP contribution in [0.3, 0.4) is 0 Å². The number of aromatic nitrogens is 2. The van der Waals surface area contributed by atoms with E-state index in [0.717, 1.165) is 25.1 Å². The second kappa shape index (κ2) is 5.44. The number of nitrogens with zero attached hydrogens (tertiary/aromatic N) is 2. The molecule has 0 bridgehead atoms. The molecule has 2 N–H and O–H groups in total. The van der Waals surface area contributed by atoms with Crippen molar-refractivity contribution < 1.29 is 4.79 Å². The zero-order chi connectivity index (χ0) is 15.0. The molecular weight excluding hydrogens is 264 g/mol. The lowest BCUT2D eigenvalue weighted by molar-refractivity contribution is -0.126. The predicted octanol–water partition coefficient (Wildman–Crippen LogP) is 1.42. The van der Waals surface area contributed by atoms with Gasteiger partial charge in [-0.1, -0.05) is 20.3 Å². The van der Waals surface area contributed by atoms with Crippen molar-refractivity contribution in [3.63, 3.8) is 0 Å². The summed E-state index contributed by atoms with van der Waals surface area (Å²) in [5, 5.41) is 10.9. The van der Waals surface area contributed by atoms with Gasteiger partial charge >= 0.3 is 0 Å². The number of nitrogens with one attached hydrogen (secondary N) is 2. The average Bonchev–Trinajstić information content (AvgIpc) is 3.10. The highest BCUT2D eigenvalue weighted by molar-refractivity contribution is 5.81. The average molecular weight is 290 g/mol. The fraction of sp³-hybridized carbons (Fsp3) is 0.750. The molecule has 1 saturated heterocycles. The number of carbonyl (C=O) groups excluding carboxylic acids is 1. The van der Waals surface area contributed by atoms with Crippen LogP contribution in [0.15, 0.2) is 12.4 Å². The number of hydrogen-bond donors (Lipinski definition) is 2. The van der Waals surface area contributed by atoms with Crippen molar-refractivity contribution in [1.82, 2.24) is 20.4 Å². The fourth-order valence-electron chi connectivity index (χ4n) is 3.81. The minimum absolute atomic E-state index is 0.0191. The Kier molecular flexibility index (Phi) is 3.78. The van der Waals surface area contributed by atoms with Gasteiger partial charge in [0, 0.05) is 38.3 Å². The first kappa shape index (κ1) is 14.6. The minimum Gasteiger partial charge on any atom is -0.353 e. The Morgan fingerprint density at radius 3 is 2.90 bits per heavy atom. The van der Waals surface area contributed by atoms with E-state index in [9.17, 15) is 4.79 Å². The summed E-state index contributed by atoms with van der Waals surface area (Å²) in [4.78, 5) is 12.7. The molecule has 0 spiro atoms. The van der Waals surface area contributed by atoms with Crippen LogP contribution in [-0.4, -0.2) is 34.8 Å². The van der Waals surface area contributed by atoms with Crippen LogP contribution in [0.25, 0.3) is 0 Å². The van der Waals surface area contributed by atoms with Crippen LogP contribution < -0.4 is 10.6 Å². The lowest BCUT2D eigenvalue weighted by atomic mass is 9.85. The van der Waals surface area contributed by atoms with Crippen LogP contribution in [0, 0.1) is 11.3 Å². The molecule has 1 saturated carbocycles. The van der Waals surface area contributed by atoms with Crippen LogP contribution in [0.4, 0.5) is 0 Å². The summed E-state index contributed by atoms with van der Waals surface area (Å²) in [6.07, 6.45) is 7.44. The third kappa shape index (κ3) is 2.84. The second-order valence-corrected chi connectivity index (χ2v) is 7.26. The Morgan fingerprint density at radius 1 is 1.48 bits per heavy atom. The zero-order valence-corrected chi connectivity index (χ0v) is 13.2. The predicted molar refractivity (Wildman–Crippen MR) is 81.9 cm³/mol. The second-order valence-electron chi connectivity index (χ2n) is 7.26. The number of hydrogen-bond acceptors (Lipinski definition) is 3. The van der Waals surface area contributed by atoms with E-state index in [2.05, 4.69) is 29.6 Å².